The highest BCUT2D eigenvalue weighted by Crippen LogP contribution is 2.32. The van der Waals surface area contributed by atoms with Crippen LogP contribution >= 0.6 is 0 Å². The summed E-state index contributed by atoms with van der Waals surface area (Å²) in [4.78, 5) is 17.7. The van der Waals surface area contributed by atoms with Crippen LogP contribution in [0.25, 0.3) is 0 Å². The molecule has 0 unspecified atom stereocenters. The Hall–Kier alpha value is -2.01. The summed E-state index contributed by atoms with van der Waals surface area (Å²) < 4.78 is 0. The van der Waals surface area contributed by atoms with Gasteiger partial charge in [0, 0.05) is 24.9 Å². The van der Waals surface area contributed by atoms with Gasteiger partial charge in [0.25, 0.3) is 5.91 Å². The van der Waals surface area contributed by atoms with Crippen LogP contribution in [0.1, 0.15) is 56.3 Å². The number of nitrogens with zero attached hydrogens (tertiary/aromatic N) is 2. The summed E-state index contributed by atoms with van der Waals surface area (Å²) in [6, 6.07) is 3.50. The lowest BCUT2D eigenvalue weighted by atomic mass is 9.78. The van der Waals surface area contributed by atoms with Crippen LogP contribution in [0.5, 0.6) is 0 Å². The van der Waals surface area contributed by atoms with E-state index in [1.807, 2.05) is 0 Å². The molecule has 0 saturated carbocycles. The van der Waals surface area contributed by atoms with Gasteiger partial charge in [-0.05, 0) is 43.2 Å². The van der Waals surface area contributed by atoms with Crippen molar-refractivity contribution in [3.63, 3.8) is 0 Å². The zero-order valence-electron chi connectivity index (χ0n) is 14.6. The number of hydrazone groups is 1. The van der Waals surface area contributed by atoms with Gasteiger partial charge in [-0.25, -0.2) is 5.43 Å². The van der Waals surface area contributed by atoms with E-state index in [0.717, 1.165) is 18.6 Å². The average Bonchev–Trinajstić information content (AvgIpc) is 2.60. The molecule has 5 nitrogen and oxygen atoms in total. The van der Waals surface area contributed by atoms with Crippen LogP contribution < -0.4 is 10.3 Å². The lowest BCUT2D eigenvalue weighted by molar-refractivity contribution is -0.868. The van der Waals surface area contributed by atoms with Crippen LogP contribution in [-0.4, -0.2) is 29.7 Å². The zero-order chi connectivity index (χ0) is 17.0. The first-order chi connectivity index (χ1) is 11.5. The first kappa shape index (κ1) is 16.8. The molecule has 2 heterocycles. The number of carbonyl (C=O) groups is 1. The molecule has 1 fully saturated rings. The molecular formula is C19H27N4O+. The van der Waals surface area contributed by atoms with Crippen molar-refractivity contribution in [2.24, 2.45) is 10.5 Å². The molecule has 0 atom stereocenters. The molecule has 5 heteroatoms. The van der Waals surface area contributed by atoms with Crippen LogP contribution in [0.4, 0.5) is 0 Å². The summed E-state index contributed by atoms with van der Waals surface area (Å²) in [6.07, 6.45) is 11.4. The highest BCUT2D eigenvalue weighted by Gasteiger charge is 2.32. The van der Waals surface area contributed by atoms with Crippen molar-refractivity contribution in [3.05, 3.63) is 41.9 Å². The van der Waals surface area contributed by atoms with Crippen molar-refractivity contribution < 1.29 is 9.69 Å². The molecule has 128 valence electrons. The molecule has 1 aliphatic carbocycles. The number of hydrogen-bond donors (Lipinski definition) is 2. The number of nitrogens with one attached hydrogen (secondary N) is 2. The van der Waals surface area contributed by atoms with Crippen LogP contribution in [0.15, 0.2) is 41.4 Å². The van der Waals surface area contributed by atoms with Gasteiger partial charge in [-0.2, -0.15) is 5.10 Å². The minimum atomic E-state index is -0.209. The molecule has 2 aliphatic rings. The number of piperidine rings is 1. The van der Waals surface area contributed by atoms with E-state index >= 15 is 0 Å². The van der Waals surface area contributed by atoms with E-state index in [2.05, 4.69) is 35.4 Å². The van der Waals surface area contributed by atoms with Gasteiger partial charge < -0.3 is 4.90 Å². The Bertz CT molecular complexity index is 643. The molecule has 0 aromatic carbocycles. The van der Waals surface area contributed by atoms with Gasteiger partial charge in [0.15, 0.2) is 0 Å². The summed E-state index contributed by atoms with van der Waals surface area (Å²) in [7, 11) is 0. The second-order valence-corrected chi connectivity index (χ2v) is 7.64. The summed E-state index contributed by atoms with van der Waals surface area (Å²) in [5.41, 5.74) is 5.82. The van der Waals surface area contributed by atoms with Crippen LogP contribution in [0.2, 0.25) is 0 Å². The molecule has 0 bridgehead atoms. The van der Waals surface area contributed by atoms with Gasteiger partial charge in [-0.3, -0.25) is 9.78 Å². The number of hydrogen-bond acceptors (Lipinski definition) is 3. The standard InChI is InChI=1S/C19H26N4O/c1-19(2)12-16(11-17(13-19)23-9-4-3-5-10-23)21-22-18(24)15-7-6-8-20-14-15/h6-8,11,14H,3-5,9-10,12-13H2,1-2H3,(H,22,24)/p+1/b21-16+. The molecule has 1 amide bonds. The quantitative estimate of drug-likeness (QED) is 0.834. The molecule has 24 heavy (non-hydrogen) atoms. The molecule has 0 radical (unpaired) electrons. The van der Waals surface area contributed by atoms with Crippen molar-refractivity contribution in [1.29, 1.82) is 0 Å². The molecule has 1 aromatic heterocycles. The summed E-state index contributed by atoms with van der Waals surface area (Å²) >= 11 is 0. The molecule has 0 spiro atoms. The molecule has 1 aromatic rings. The zero-order valence-corrected chi connectivity index (χ0v) is 14.6. The highest BCUT2D eigenvalue weighted by molar-refractivity contribution is 5.99. The SMILES string of the molecule is CC1(C)CC([NH+]2CCCCC2)=C/C(=N\NC(=O)c2cccnc2)C1. The van der Waals surface area contributed by atoms with Gasteiger partial charge in [0.2, 0.25) is 0 Å². The van der Waals surface area contributed by atoms with Gasteiger partial charge >= 0.3 is 0 Å². The van der Waals surface area contributed by atoms with E-state index in [1.54, 1.807) is 29.4 Å². The summed E-state index contributed by atoms with van der Waals surface area (Å²) in [6.45, 7) is 7.00. The smallest absolute Gasteiger partial charge is 0.272 e. The minimum absolute atomic E-state index is 0.187. The Morgan fingerprint density at radius 1 is 1.25 bits per heavy atom. The Morgan fingerprint density at radius 2 is 2.04 bits per heavy atom. The molecule has 1 aliphatic heterocycles. The van der Waals surface area contributed by atoms with E-state index in [4.69, 9.17) is 0 Å². The topological polar surface area (TPSA) is 58.8 Å². The lowest BCUT2D eigenvalue weighted by Gasteiger charge is -2.34. The maximum Gasteiger partial charge on any atom is 0.272 e. The van der Waals surface area contributed by atoms with E-state index < -0.39 is 0 Å². The molecular weight excluding hydrogens is 300 g/mol. The summed E-state index contributed by atoms with van der Waals surface area (Å²) in [5, 5.41) is 4.40. The lowest BCUT2D eigenvalue weighted by Crippen LogP contribution is -3.11. The second-order valence-electron chi connectivity index (χ2n) is 7.64. The number of amides is 1. The first-order valence-electron chi connectivity index (χ1n) is 8.86. The number of carbonyl (C=O) groups excluding carboxylic acids is 1. The number of quaternary nitrogens is 1. The normalized spacial score (nSPS) is 22.9. The minimum Gasteiger partial charge on any atom is -0.306 e. The molecule has 1 saturated heterocycles. The Balaban J connectivity index is 1.74. The fraction of sp³-hybridized carbons (Fsp3) is 0.526. The fourth-order valence-electron chi connectivity index (χ4n) is 3.65. The van der Waals surface area contributed by atoms with Crippen molar-refractivity contribution in [3.8, 4) is 0 Å². The van der Waals surface area contributed by atoms with E-state index in [0.29, 0.717) is 5.56 Å². The maximum absolute atomic E-state index is 12.1. The van der Waals surface area contributed by atoms with Gasteiger partial charge in [0.05, 0.1) is 24.4 Å². The molecule has 3 rings (SSSR count). The number of likely N-dealkylation sites (tertiary alicyclic amines) is 1. The number of rotatable bonds is 3. The van der Waals surface area contributed by atoms with Gasteiger partial charge in [-0.15, -0.1) is 0 Å². The number of aromatic nitrogens is 1. The van der Waals surface area contributed by atoms with Crippen LogP contribution in [-0.2, 0) is 0 Å². The van der Waals surface area contributed by atoms with E-state index in [1.165, 1.54) is 38.0 Å². The molecule has 2 N–H and O–H groups in total. The fourth-order valence-corrected chi connectivity index (χ4v) is 3.65. The first-order valence-corrected chi connectivity index (χ1v) is 8.86. The Kier molecular flexibility index (Phi) is 5.09. The van der Waals surface area contributed by atoms with E-state index in [9.17, 15) is 4.79 Å². The van der Waals surface area contributed by atoms with Crippen molar-refractivity contribution >= 4 is 11.6 Å². The maximum atomic E-state index is 12.1. The predicted molar refractivity (Wildman–Crippen MR) is 94.8 cm³/mol. The van der Waals surface area contributed by atoms with Crippen molar-refractivity contribution in [1.82, 2.24) is 10.4 Å². The largest absolute Gasteiger partial charge is 0.306 e. The van der Waals surface area contributed by atoms with Gasteiger partial charge in [-0.1, -0.05) is 13.8 Å². The van der Waals surface area contributed by atoms with Crippen LogP contribution in [0.3, 0.4) is 0 Å². The van der Waals surface area contributed by atoms with E-state index in [-0.39, 0.29) is 11.3 Å². The highest BCUT2D eigenvalue weighted by atomic mass is 16.2. The van der Waals surface area contributed by atoms with Crippen molar-refractivity contribution in [2.75, 3.05) is 13.1 Å². The third-order valence-corrected chi connectivity index (χ3v) is 4.81. The average molecular weight is 327 g/mol. The third kappa shape index (κ3) is 4.29. The summed E-state index contributed by atoms with van der Waals surface area (Å²) in [5.74, 6) is -0.209. The second kappa shape index (κ2) is 7.26. The predicted octanol–water partition coefficient (Wildman–Crippen LogP) is 1.94. The number of allylic oxidation sites excluding steroid dienone is 2. The number of pyridine rings is 1. The van der Waals surface area contributed by atoms with Gasteiger partial charge in [0.1, 0.15) is 5.70 Å². The van der Waals surface area contributed by atoms with Crippen LogP contribution in [0, 0.1) is 5.41 Å². The monoisotopic (exact) mass is 327 g/mol. The third-order valence-electron chi connectivity index (χ3n) is 4.81. The Labute approximate surface area is 143 Å². The van der Waals surface area contributed by atoms with Crippen molar-refractivity contribution in [2.45, 2.75) is 46.0 Å². The Morgan fingerprint density at radius 3 is 2.75 bits per heavy atom.